The first-order valence-corrected chi connectivity index (χ1v) is 10.9. The van der Waals surface area contributed by atoms with Gasteiger partial charge in [-0.05, 0) is 55.7 Å². The van der Waals surface area contributed by atoms with Gasteiger partial charge in [0.25, 0.3) is 0 Å². The lowest BCUT2D eigenvalue weighted by molar-refractivity contribution is 0.603. The van der Waals surface area contributed by atoms with Gasteiger partial charge in [-0.25, -0.2) is 18.7 Å². The molecule has 162 valence electrons. The molecule has 0 spiro atoms. The third-order valence-corrected chi connectivity index (χ3v) is 6.19. The van der Waals surface area contributed by atoms with Gasteiger partial charge in [0, 0.05) is 31.4 Å². The molecule has 3 N–H and O–H groups in total. The van der Waals surface area contributed by atoms with Crippen LogP contribution in [0, 0.1) is 11.6 Å². The van der Waals surface area contributed by atoms with E-state index in [1.54, 1.807) is 18.3 Å². The fourth-order valence-electron chi connectivity index (χ4n) is 3.39. The molecule has 1 saturated heterocycles. The van der Waals surface area contributed by atoms with Crippen molar-refractivity contribution < 1.29 is 8.78 Å². The fraction of sp³-hybridized carbons (Fsp3) is 0.238. The predicted molar refractivity (Wildman–Crippen MR) is 122 cm³/mol. The number of halogens is 3. The Morgan fingerprint density at radius 2 is 2.03 bits per heavy atom. The number of nitrogens with one attached hydrogen (secondary N) is 3. The van der Waals surface area contributed by atoms with Crippen molar-refractivity contribution in [3.8, 4) is 0 Å². The molecule has 1 aliphatic rings. The zero-order valence-corrected chi connectivity index (χ0v) is 18.3. The highest BCUT2D eigenvalue weighted by molar-refractivity contribution is 8.00. The summed E-state index contributed by atoms with van der Waals surface area (Å²) in [4.78, 5) is 10.3. The van der Waals surface area contributed by atoms with E-state index in [1.807, 2.05) is 7.05 Å². The third kappa shape index (κ3) is 5.17. The van der Waals surface area contributed by atoms with Crippen molar-refractivity contribution in [3.63, 3.8) is 0 Å². The number of aromatic nitrogens is 2. The molecule has 3 aromatic rings. The van der Waals surface area contributed by atoms with E-state index in [2.05, 4.69) is 30.2 Å². The number of hydrogen-bond donors (Lipinski definition) is 3. The van der Waals surface area contributed by atoms with Crippen molar-refractivity contribution in [2.75, 3.05) is 35.1 Å². The van der Waals surface area contributed by atoms with Crippen LogP contribution in [0.3, 0.4) is 0 Å². The van der Waals surface area contributed by atoms with Gasteiger partial charge in [-0.1, -0.05) is 11.6 Å². The summed E-state index contributed by atoms with van der Waals surface area (Å²) < 4.78 is 31.6. The molecule has 0 radical (unpaired) electrons. The molecule has 1 atom stereocenters. The third-order valence-electron chi connectivity index (χ3n) is 5.04. The van der Waals surface area contributed by atoms with Gasteiger partial charge in [0.1, 0.15) is 23.8 Å². The highest BCUT2D eigenvalue weighted by atomic mass is 35.5. The quantitative estimate of drug-likeness (QED) is 0.424. The van der Waals surface area contributed by atoms with Crippen LogP contribution in [-0.4, -0.2) is 36.1 Å². The van der Waals surface area contributed by atoms with E-state index in [0.29, 0.717) is 33.2 Å². The molecule has 0 amide bonds. The number of anilines is 4. The Morgan fingerprint density at radius 3 is 2.77 bits per heavy atom. The maximum atomic E-state index is 14.7. The fourth-order valence-corrected chi connectivity index (χ4v) is 4.34. The lowest BCUT2D eigenvalue weighted by atomic mass is 10.2. The highest BCUT2D eigenvalue weighted by Crippen LogP contribution is 2.37. The maximum absolute atomic E-state index is 14.7. The molecule has 4 rings (SSSR count). The standard InChI is InChI=1S/C21H21ClF2N6S/c1-25-14-5-7-30(11-14)19-8-13(23)2-3-17(19)28-18-10-16(24)20(9-15(18)22)31-29-21-4-6-26-12-27-21/h2-4,6,8-10,12,14,25,28H,5,7,11H2,1H3,(H,26,27,29). The van der Waals surface area contributed by atoms with E-state index in [1.165, 1.54) is 30.6 Å². The van der Waals surface area contributed by atoms with Gasteiger partial charge in [-0.15, -0.1) is 0 Å². The molecule has 1 fully saturated rings. The number of nitrogens with zero attached hydrogens (tertiary/aromatic N) is 3. The first-order valence-electron chi connectivity index (χ1n) is 9.70. The van der Waals surface area contributed by atoms with E-state index in [4.69, 9.17) is 11.6 Å². The van der Waals surface area contributed by atoms with Crippen molar-refractivity contribution in [1.29, 1.82) is 0 Å². The average molecular weight is 463 g/mol. The molecule has 0 saturated carbocycles. The number of benzene rings is 2. The van der Waals surface area contributed by atoms with Crippen LogP contribution in [0.5, 0.6) is 0 Å². The normalized spacial score (nSPS) is 15.9. The van der Waals surface area contributed by atoms with Crippen LogP contribution in [0.15, 0.2) is 53.8 Å². The molecule has 10 heteroatoms. The zero-order chi connectivity index (χ0) is 21.8. The maximum Gasteiger partial charge on any atom is 0.140 e. The second-order valence-electron chi connectivity index (χ2n) is 7.07. The van der Waals surface area contributed by atoms with Crippen LogP contribution >= 0.6 is 23.5 Å². The van der Waals surface area contributed by atoms with Gasteiger partial charge in [0.05, 0.1) is 27.0 Å². The largest absolute Gasteiger partial charge is 0.368 e. The van der Waals surface area contributed by atoms with Crippen molar-refractivity contribution in [2.45, 2.75) is 17.4 Å². The van der Waals surface area contributed by atoms with Gasteiger partial charge < -0.3 is 20.3 Å². The smallest absolute Gasteiger partial charge is 0.140 e. The van der Waals surface area contributed by atoms with Gasteiger partial charge >= 0.3 is 0 Å². The lowest BCUT2D eigenvalue weighted by Gasteiger charge is -2.23. The summed E-state index contributed by atoms with van der Waals surface area (Å²) in [5, 5.41) is 6.77. The average Bonchev–Trinajstić information content (AvgIpc) is 3.26. The summed E-state index contributed by atoms with van der Waals surface area (Å²) in [6.07, 6.45) is 3.96. The zero-order valence-electron chi connectivity index (χ0n) is 16.7. The van der Waals surface area contributed by atoms with E-state index in [9.17, 15) is 8.78 Å². The van der Waals surface area contributed by atoms with Gasteiger partial charge in [-0.2, -0.15) is 0 Å². The van der Waals surface area contributed by atoms with Crippen LogP contribution in [0.25, 0.3) is 0 Å². The molecular formula is C21H21ClF2N6S. The summed E-state index contributed by atoms with van der Waals surface area (Å²) in [6, 6.07) is 9.39. The molecule has 0 bridgehead atoms. The van der Waals surface area contributed by atoms with E-state index in [-0.39, 0.29) is 5.82 Å². The topological polar surface area (TPSA) is 65.1 Å². The first kappa shape index (κ1) is 21.6. The lowest BCUT2D eigenvalue weighted by Crippen LogP contribution is -2.29. The Kier molecular flexibility index (Phi) is 6.74. The van der Waals surface area contributed by atoms with Crippen LogP contribution in [0.1, 0.15) is 6.42 Å². The van der Waals surface area contributed by atoms with Gasteiger partial charge in [0.2, 0.25) is 0 Å². The Balaban J connectivity index is 1.54. The highest BCUT2D eigenvalue weighted by Gasteiger charge is 2.24. The summed E-state index contributed by atoms with van der Waals surface area (Å²) in [7, 11) is 1.92. The minimum absolute atomic E-state index is 0.324. The number of likely N-dealkylation sites (N-methyl/N-ethyl adjacent to an activating group) is 1. The molecule has 0 aliphatic carbocycles. The van der Waals surface area contributed by atoms with Crippen molar-refractivity contribution in [2.24, 2.45) is 0 Å². The van der Waals surface area contributed by atoms with Crippen molar-refractivity contribution in [1.82, 2.24) is 15.3 Å². The Labute approximate surface area is 188 Å². The molecule has 1 unspecified atom stereocenters. The summed E-state index contributed by atoms with van der Waals surface area (Å²) >= 11 is 7.49. The second kappa shape index (κ2) is 9.67. The van der Waals surface area contributed by atoms with Crippen molar-refractivity contribution >= 4 is 46.4 Å². The minimum atomic E-state index is -0.446. The van der Waals surface area contributed by atoms with E-state index in [0.717, 1.165) is 37.1 Å². The monoisotopic (exact) mass is 462 g/mol. The summed E-state index contributed by atoms with van der Waals surface area (Å²) in [5.74, 6) is -0.217. The SMILES string of the molecule is CNC1CCN(c2cc(F)ccc2Nc2cc(F)c(SNc3ccncn3)cc2Cl)C1. The molecule has 2 heterocycles. The Morgan fingerprint density at radius 1 is 1.16 bits per heavy atom. The molecular weight excluding hydrogens is 442 g/mol. The second-order valence-corrected chi connectivity index (χ2v) is 8.32. The minimum Gasteiger partial charge on any atom is -0.368 e. The van der Waals surface area contributed by atoms with Gasteiger partial charge in [-0.3, -0.25) is 0 Å². The first-order chi connectivity index (χ1) is 15.0. The number of hydrogen-bond acceptors (Lipinski definition) is 7. The number of rotatable bonds is 7. The molecule has 1 aliphatic heterocycles. The van der Waals surface area contributed by atoms with E-state index >= 15 is 0 Å². The molecule has 31 heavy (non-hydrogen) atoms. The Bertz CT molecular complexity index is 1060. The van der Waals surface area contributed by atoms with Crippen LogP contribution < -0.4 is 20.3 Å². The molecule has 6 nitrogen and oxygen atoms in total. The summed E-state index contributed by atoms with van der Waals surface area (Å²) in [5.41, 5.74) is 1.79. The Hall–Kier alpha value is -2.62. The van der Waals surface area contributed by atoms with Gasteiger partial charge in [0.15, 0.2) is 0 Å². The van der Waals surface area contributed by atoms with E-state index < -0.39 is 5.82 Å². The molecule has 1 aromatic heterocycles. The summed E-state index contributed by atoms with van der Waals surface area (Å²) in [6.45, 7) is 1.57. The van der Waals surface area contributed by atoms with Crippen LogP contribution in [-0.2, 0) is 0 Å². The molecule has 2 aromatic carbocycles. The predicted octanol–water partition coefficient (Wildman–Crippen LogP) is 5.07. The van der Waals surface area contributed by atoms with Crippen LogP contribution in [0.2, 0.25) is 5.02 Å². The van der Waals surface area contributed by atoms with Crippen LogP contribution in [0.4, 0.5) is 31.7 Å². The van der Waals surface area contributed by atoms with Crippen molar-refractivity contribution in [3.05, 3.63) is 65.6 Å².